The fourth-order valence-electron chi connectivity index (χ4n) is 3.15. The molecule has 3 aromatic rings. The highest BCUT2D eigenvalue weighted by atomic mass is 16.5. The number of rotatable bonds is 7. The molecular formula is C22H20N6O4. The van der Waals surface area contributed by atoms with Gasteiger partial charge in [-0.1, -0.05) is 30.3 Å². The Bertz CT molecular complexity index is 1130. The maximum atomic E-state index is 12.4. The maximum Gasteiger partial charge on any atom is 0.338 e. The molecule has 0 unspecified atom stereocenters. The second-order valence-electron chi connectivity index (χ2n) is 7.07. The van der Waals surface area contributed by atoms with Crippen molar-refractivity contribution in [2.24, 2.45) is 0 Å². The summed E-state index contributed by atoms with van der Waals surface area (Å²) in [7, 11) is 0. The molecule has 10 heteroatoms. The summed E-state index contributed by atoms with van der Waals surface area (Å²) in [5, 5.41) is 3.01. The van der Waals surface area contributed by atoms with E-state index in [0.29, 0.717) is 5.56 Å². The van der Waals surface area contributed by atoms with Gasteiger partial charge in [0.05, 0.1) is 12.1 Å². The van der Waals surface area contributed by atoms with Crippen LogP contribution in [0.2, 0.25) is 0 Å². The van der Waals surface area contributed by atoms with Crippen LogP contribution in [-0.4, -0.2) is 37.6 Å². The number of hydrogen-bond donors (Lipinski definition) is 2. The summed E-state index contributed by atoms with van der Waals surface area (Å²) in [4.78, 5) is 49.3. The first kappa shape index (κ1) is 20.9. The number of nitrogen functional groups attached to an aromatic ring is 1. The second-order valence-corrected chi connectivity index (χ2v) is 7.07. The highest BCUT2D eigenvalue weighted by molar-refractivity contribution is 6.01. The lowest BCUT2D eigenvalue weighted by Gasteiger charge is -2.13. The number of aromatic nitrogens is 3. The van der Waals surface area contributed by atoms with Gasteiger partial charge in [-0.2, -0.15) is 15.0 Å². The molecule has 1 fully saturated rings. The van der Waals surface area contributed by atoms with Gasteiger partial charge < -0.3 is 15.8 Å². The number of ether oxygens (including phenoxy) is 1. The summed E-state index contributed by atoms with van der Waals surface area (Å²) in [5.74, 6) is -0.495. The molecule has 3 N–H and O–H groups in total. The highest BCUT2D eigenvalue weighted by Gasteiger charge is 2.28. The number of imide groups is 1. The molecule has 0 saturated carbocycles. The minimum atomic E-state index is -0.568. The summed E-state index contributed by atoms with van der Waals surface area (Å²) in [6, 6.07) is 15.8. The standard InChI is InChI=1S/C22H20N6O4/c23-21-25-17(26-22(27-21)24-16-4-2-1-3-5-16)13-32-20(31)15-8-6-14(7-9-15)12-28-18(29)10-11-19(28)30/h1-9H,10-13H2,(H3,23,24,25,26,27). The lowest BCUT2D eigenvalue weighted by Crippen LogP contribution is -2.28. The van der Waals surface area contributed by atoms with E-state index >= 15 is 0 Å². The van der Waals surface area contributed by atoms with Crippen LogP contribution >= 0.6 is 0 Å². The number of carbonyl (C=O) groups is 3. The van der Waals surface area contributed by atoms with Crippen molar-refractivity contribution in [3.05, 3.63) is 71.5 Å². The zero-order valence-electron chi connectivity index (χ0n) is 17.0. The number of nitrogens with zero attached hydrogens (tertiary/aromatic N) is 4. The first-order valence-corrected chi connectivity index (χ1v) is 9.90. The Balaban J connectivity index is 1.36. The summed E-state index contributed by atoms with van der Waals surface area (Å²) >= 11 is 0. The minimum absolute atomic E-state index is 0.000148. The third-order valence-corrected chi connectivity index (χ3v) is 4.75. The number of nitrogens with two attached hydrogens (primary N) is 1. The van der Waals surface area contributed by atoms with Crippen molar-refractivity contribution in [2.45, 2.75) is 26.0 Å². The summed E-state index contributed by atoms with van der Waals surface area (Å²) in [6.07, 6.45) is 0.487. The first-order chi connectivity index (χ1) is 15.5. The smallest absolute Gasteiger partial charge is 0.338 e. The molecule has 1 aliphatic rings. The Hall–Kier alpha value is -4.34. The fourth-order valence-corrected chi connectivity index (χ4v) is 3.15. The molecule has 10 nitrogen and oxygen atoms in total. The lowest BCUT2D eigenvalue weighted by molar-refractivity contribution is -0.139. The first-order valence-electron chi connectivity index (χ1n) is 9.90. The van der Waals surface area contributed by atoms with Crippen LogP contribution in [0, 0.1) is 0 Å². The topological polar surface area (TPSA) is 140 Å². The molecule has 162 valence electrons. The van der Waals surface area contributed by atoms with Crippen LogP contribution in [0.5, 0.6) is 0 Å². The molecule has 0 bridgehead atoms. The quantitative estimate of drug-likeness (QED) is 0.424. The zero-order chi connectivity index (χ0) is 22.5. The van der Waals surface area contributed by atoms with Gasteiger partial charge in [-0.25, -0.2) is 4.79 Å². The molecule has 1 aliphatic heterocycles. The van der Waals surface area contributed by atoms with E-state index in [9.17, 15) is 14.4 Å². The predicted octanol–water partition coefficient (Wildman–Crippen LogP) is 2.20. The molecule has 1 saturated heterocycles. The van der Waals surface area contributed by atoms with E-state index < -0.39 is 5.97 Å². The van der Waals surface area contributed by atoms with E-state index in [2.05, 4.69) is 20.3 Å². The van der Waals surface area contributed by atoms with Crippen molar-refractivity contribution < 1.29 is 19.1 Å². The second kappa shape index (κ2) is 9.21. The van der Waals surface area contributed by atoms with Crippen molar-refractivity contribution in [1.29, 1.82) is 0 Å². The fraction of sp³-hybridized carbons (Fsp3) is 0.182. The van der Waals surface area contributed by atoms with Crippen molar-refractivity contribution in [2.75, 3.05) is 11.1 Å². The van der Waals surface area contributed by atoms with E-state index in [1.807, 2.05) is 30.3 Å². The Morgan fingerprint density at radius 1 is 0.969 bits per heavy atom. The molecule has 2 heterocycles. The van der Waals surface area contributed by atoms with Crippen molar-refractivity contribution >= 4 is 35.4 Å². The van der Waals surface area contributed by atoms with Gasteiger partial charge in [0.15, 0.2) is 12.4 Å². The Labute approximate surface area is 183 Å². The van der Waals surface area contributed by atoms with Gasteiger partial charge in [0.25, 0.3) is 0 Å². The number of benzene rings is 2. The van der Waals surface area contributed by atoms with E-state index in [-0.39, 0.29) is 55.5 Å². The molecular weight excluding hydrogens is 412 g/mol. The summed E-state index contributed by atoms with van der Waals surface area (Å²) < 4.78 is 5.29. The minimum Gasteiger partial charge on any atom is -0.454 e. The largest absolute Gasteiger partial charge is 0.454 e. The molecule has 32 heavy (non-hydrogen) atoms. The highest BCUT2D eigenvalue weighted by Crippen LogP contribution is 2.17. The third-order valence-electron chi connectivity index (χ3n) is 4.75. The van der Waals surface area contributed by atoms with Gasteiger partial charge in [-0.05, 0) is 29.8 Å². The van der Waals surface area contributed by atoms with Crippen LogP contribution in [0.15, 0.2) is 54.6 Å². The Morgan fingerprint density at radius 3 is 2.34 bits per heavy atom. The van der Waals surface area contributed by atoms with E-state index in [0.717, 1.165) is 11.3 Å². The van der Waals surface area contributed by atoms with E-state index in [4.69, 9.17) is 10.5 Å². The number of amides is 2. The van der Waals surface area contributed by atoms with E-state index in [1.54, 1.807) is 24.3 Å². The number of nitrogens with one attached hydrogen (secondary N) is 1. The average Bonchev–Trinajstić information content (AvgIpc) is 3.10. The molecule has 0 spiro atoms. The SMILES string of the molecule is Nc1nc(COC(=O)c2ccc(CN3C(=O)CCC3=O)cc2)nc(Nc2ccccc2)n1. The lowest BCUT2D eigenvalue weighted by atomic mass is 10.1. The van der Waals surface area contributed by atoms with Crippen molar-refractivity contribution in [1.82, 2.24) is 19.9 Å². The van der Waals surface area contributed by atoms with Crippen LogP contribution < -0.4 is 11.1 Å². The predicted molar refractivity (Wildman–Crippen MR) is 114 cm³/mol. The van der Waals surface area contributed by atoms with Gasteiger partial charge in [0.2, 0.25) is 23.7 Å². The Morgan fingerprint density at radius 2 is 1.66 bits per heavy atom. The van der Waals surface area contributed by atoms with Gasteiger partial charge >= 0.3 is 5.97 Å². The Kier molecular flexibility index (Phi) is 6.02. The van der Waals surface area contributed by atoms with Crippen LogP contribution in [0.1, 0.15) is 34.6 Å². The molecule has 4 rings (SSSR count). The van der Waals surface area contributed by atoms with Gasteiger partial charge in [0.1, 0.15) is 0 Å². The van der Waals surface area contributed by atoms with Crippen molar-refractivity contribution in [3.63, 3.8) is 0 Å². The number of likely N-dealkylation sites (tertiary alicyclic amines) is 1. The molecule has 2 aromatic carbocycles. The van der Waals surface area contributed by atoms with Crippen LogP contribution in [0.25, 0.3) is 0 Å². The molecule has 2 amide bonds. The average molecular weight is 432 g/mol. The normalized spacial score (nSPS) is 13.3. The number of hydrogen-bond acceptors (Lipinski definition) is 9. The van der Waals surface area contributed by atoms with Gasteiger partial charge in [0, 0.05) is 18.5 Å². The van der Waals surface area contributed by atoms with Crippen LogP contribution in [0.3, 0.4) is 0 Å². The zero-order valence-corrected chi connectivity index (χ0v) is 17.0. The molecule has 1 aromatic heterocycles. The summed E-state index contributed by atoms with van der Waals surface area (Å²) in [5.41, 5.74) is 7.58. The number of para-hydroxylation sites is 1. The van der Waals surface area contributed by atoms with Crippen molar-refractivity contribution in [3.8, 4) is 0 Å². The van der Waals surface area contributed by atoms with E-state index in [1.165, 1.54) is 4.90 Å². The maximum absolute atomic E-state index is 12.4. The van der Waals surface area contributed by atoms with Crippen LogP contribution in [-0.2, 0) is 27.5 Å². The van der Waals surface area contributed by atoms with Gasteiger partial charge in [-0.3, -0.25) is 14.5 Å². The molecule has 0 atom stereocenters. The number of esters is 1. The van der Waals surface area contributed by atoms with Crippen LogP contribution in [0.4, 0.5) is 17.6 Å². The monoisotopic (exact) mass is 432 g/mol. The number of carbonyl (C=O) groups excluding carboxylic acids is 3. The van der Waals surface area contributed by atoms with Gasteiger partial charge in [-0.15, -0.1) is 0 Å². The molecule has 0 aliphatic carbocycles. The summed E-state index contributed by atoms with van der Waals surface area (Å²) in [6.45, 7) is 0.00186. The number of anilines is 3. The molecule has 0 radical (unpaired) electrons. The third kappa shape index (κ3) is 5.04.